The molecule has 0 saturated carbocycles. The highest BCUT2D eigenvalue weighted by molar-refractivity contribution is 7.80. The lowest BCUT2D eigenvalue weighted by molar-refractivity contribution is 0.277. The second-order valence-electron chi connectivity index (χ2n) is 5.47. The number of nitrogens with two attached hydrogens (primary N) is 1. The number of rotatable bonds is 5. The highest BCUT2D eigenvalue weighted by Crippen LogP contribution is 2.21. The summed E-state index contributed by atoms with van der Waals surface area (Å²) in [6.45, 7) is 9.45. The van der Waals surface area contributed by atoms with E-state index in [-0.39, 0.29) is 0 Å². The van der Waals surface area contributed by atoms with Crippen LogP contribution in [-0.2, 0) is 0 Å². The molecule has 1 aromatic heterocycles. The Morgan fingerprint density at radius 1 is 1.55 bits per heavy atom. The molecule has 0 radical (unpaired) electrons. The van der Waals surface area contributed by atoms with Gasteiger partial charge in [0, 0.05) is 18.3 Å². The van der Waals surface area contributed by atoms with Gasteiger partial charge < -0.3 is 11.1 Å². The molecular weight excluding hydrogens is 268 g/mol. The third-order valence-corrected chi connectivity index (χ3v) is 4.21. The van der Waals surface area contributed by atoms with Crippen LogP contribution in [0.4, 0.5) is 5.82 Å². The van der Waals surface area contributed by atoms with Crippen molar-refractivity contribution in [3.63, 3.8) is 0 Å². The van der Waals surface area contributed by atoms with Crippen LogP contribution in [0.15, 0.2) is 6.07 Å². The monoisotopic (exact) mass is 292 g/mol. The third-order valence-electron chi connectivity index (χ3n) is 4.00. The van der Waals surface area contributed by atoms with Crippen LogP contribution in [0.5, 0.6) is 0 Å². The average molecular weight is 292 g/mol. The average Bonchev–Trinajstić information content (AvgIpc) is 2.82. The summed E-state index contributed by atoms with van der Waals surface area (Å²) in [7, 11) is 0. The fourth-order valence-corrected chi connectivity index (χ4v) is 3.29. The molecule has 1 unspecified atom stereocenters. The van der Waals surface area contributed by atoms with Gasteiger partial charge in [-0.05, 0) is 51.4 Å². The molecule has 5 heteroatoms. The lowest BCUT2D eigenvalue weighted by Crippen LogP contribution is -2.35. The summed E-state index contributed by atoms with van der Waals surface area (Å²) in [6, 6.07) is 2.61. The van der Waals surface area contributed by atoms with Gasteiger partial charge in [-0.3, -0.25) is 4.90 Å². The molecule has 1 saturated heterocycles. The molecule has 0 aromatic carbocycles. The molecule has 0 aliphatic carbocycles. The first kappa shape index (κ1) is 15.2. The summed E-state index contributed by atoms with van der Waals surface area (Å²) >= 11 is 5.16. The number of aromatic nitrogens is 1. The van der Waals surface area contributed by atoms with E-state index in [9.17, 15) is 0 Å². The van der Waals surface area contributed by atoms with Crippen LogP contribution in [-0.4, -0.2) is 40.5 Å². The number of anilines is 1. The summed E-state index contributed by atoms with van der Waals surface area (Å²) < 4.78 is 0. The van der Waals surface area contributed by atoms with Crippen LogP contribution < -0.4 is 11.1 Å². The number of aryl methyl sites for hydroxylation is 2. The maximum atomic E-state index is 5.84. The molecule has 110 valence electrons. The quantitative estimate of drug-likeness (QED) is 0.815. The van der Waals surface area contributed by atoms with Crippen molar-refractivity contribution in [3.05, 3.63) is 22.9 Å². The van der Waals surface area contributed by atoms with Crippen molar-refractivity contribution in [3.8, 4) is 0 Å². The van der Waals surface area contributed by atoms with E-state index in [4.69, 9.17) is 18.0 Å². The van der Waals surface area contributed by atoms with Crippen LogP contribution in [0.25, 0.3) is 0 Å². The van der Waals surface area contributed by atoms with Gasteiger partial charge in [-0.1, -0.05) is 19.1 Å². The largest absolute Gasteiger partial charge is 0.389 e. The summed E-state index contributed by atoms with van der Waals surface area (Å²) in [5.74, 6) is 0.831. The zero-order valence-electron chi connectivity index (χ0n) is 12.6. The number of hydrogen-bond donors (Lipinski definition) is 2. The minimum Gasteiger partial charge on any atom is -0.389 e. The molecular formula is C15H24N4S. The Hall–Kier alpha value is -1.20. The van der Waals surface area contributed by atoms with Gasteiger partial charge in [0.15, 0.2) is 0 Å². The fourth-order valence-electron chi connectivity index (χ4n) is 3.03. The van der Waals surface area contributed by atoms with Crippen molar-refractivity contribution in [1.82, 2.24) is 9.88 Å². The minimum absolute atomic E-state index is 0.413. The first-order valence-corrected chi connectivity index (χ1v) is 7.69. The van der Waals surface area contributed by atoms with E-state index in [1.165, 1.54) is 19.4 Å². The van der Waals surface area contributed by atoms with Crippen LogP contribution in [0.3, 0.4) is 0 Å². The van der Waals surface area contributed by atoms with Gasteiger partial charge in [-0.15, -0.1) is 0 Å². The lowest BCUT2D eigenvalue weighted by atomic mass is 10.1. The van der Waals surface area contributed by atoms with E-state index in [0.717, 1.165) is 35.7 Å². The summed E-state index contributed by atoms with van der Waals surface area (Å²) in [5.41, 5.74) is 8.80. The summed E-state index contributed by atoms with van der Waals surface area (Å²) in [6.07, 6.45) is 2.52. The number of hydrogen-bond acceptors (Lipinski definition) is 4. The number of nitrogens with zero attached hydrogens (tertiary/aromatic N) is 2. The Morgan fingerprint density at radius 3 is 2.95 bits per heavy atom. The van der Waals surface area contributed by atoms with E-state index in [2.05, 4.69) is 22.1 Å². The Kier molecular flexibility index (Phi) is 4.94. The van der Waals surface area contributed by atoms with E-state index >= 15 is 0 Å². The molecule has 1 atom stereocenters. The fraction of sp³-hybridized carbons (Fsp3) is 0.600. The summed E-state index contributed by atoms with van der Waals surface area (Å²) in [4.78, 5) is 7.49. The van der Waals surface area contributed by atoms with Crippen molar-refractivity contribution in [2.75, 3.05) is 25.0 Å². The number of likely N-dealkylation sites (N-methyl/N-ethyl adjacent to an activating group) is 1. The Morgan fingerprint density at radius 2 is 2.30 bits per heavy atom. The molecule has 3 N–H and O–H groups in total. The van der Waals surface area contributed by atoms with Gasteiger partial charge >= 0.3 is 0 Å². The first-order chi connectivity index (χ1) is 9.52. The van der Waals surface area contributed by atoms with Gasteiger partial charge in [0.25, 0.3) is 0 Å². The standard InChI is InChI=1S/C15H24N4S/c1-4-19-7-5-6-12(19)9-17-15-13(14(16)20)10(2)8-11(3)18-15/h8,12H,4-7,9H2,1-3H3,(H2,16,20)(H,17,18). The van der Waals surface area contributed by atoms with Crippen molar-refractivity contribution in [2.24, 2.45) is 5.73 Å². The Bertz CT molecular complexity index is 501. The van der Waals surface area contributed by atoms with E-state index in [0.29, 0.717) is 11.0 Å². The van der Waals surface area contributed by atoms with Crippen LogP contribution in [0, 0.1) is 13.8 Å². The molecule has 20 heavy (non-hydrogen) atoms. The van der Waals surface area contributed by atoms with Gasteiger partial charge in [-0.2, -0.15) is 0 Å². The molecule has 1 aromatic rings. The summed E-state index contributed by atoms with van der Waals surface area (Å²) in [5, 5.41) is 3.46. The minimum atomic E-state index is 0.413. The van der Waals surface area contributed by atoms with Crippen LogP contribution in [0.1, 0.15) is 36.6 Å². The van der Waals surface area contributed by atoms with E-state index in [1.54, 1.807) is 0 Å². The van der Waals surface area contributed by atoms with Crippen molar-refractivity contribution < 1.29 is 0 Å². The van der Waals surface area contributed by atoms with Crippen molar-refractivity contribution >= 4 is 23.0 Å². The van der Waals surface area contributed by atoms with Crippen LogP contribution >= 0.6 is 12.2 Å². The molecule has 4 nitrogen and oxygen atoms in total. The topological polar surface area (TPSA) is 54.2 Å². The third kappa shape index (κ3) is 3.27. The van der Waals surface area contributed by atoms with Gasteiger partial charge in [0.1, 0.15) is 10.8 Å². The zero-order chi connectivity index (χ0) is 14.7. The van der Waals surface area contributed by atoms with Crippen molar-refractivity contribution in [2.45, 2.75) is 39.7 Å². The number of pyridine rings is 1. The Labute approximate surface area is 126 Å². The number of likely N-dealkylation sites (tertiary alicyclic amines) is 1. The van der Waals surface area contributed by atoms with E-state index < -0.39 is 0 Å². The van der Waals surface area contributed by atoms with Crippen molar-refractivity contribution in [1.29, 1.82) is 0 Å². The predicted molar refractivity (Wildman–Crippen MR) is 88.4 cm³/mol. The molecule has 1 aliphatic heterocycles. The van der Waals surface area contributed by atoms with Gasteiger partial charge in [0.2, 0.25) is 0 Å². The molecule has 0 amide bonds. The highest BCUT2D eigenvalue weighted by Gasteiger charge is 2.23. The Balaban J connectivity index is 2.14. The molecule has 1 aliphatic rings. The molecule has 0 spiro atoms. The highest BCUT2D eigenvalue weighted by atomic mass is 32.1. The number of nitrogens with one attached hydrogen (secondary N) is 1. The second kappa shape index (κ2) is 6.50. The molecule has 0 bridgehead atoms. The second-order valence-corrected chi connectivity index (χ2v) is 5.91. The SMILES string of the molecule is CCN1CCCC1CNc1nc(C)cc(C)c1C(N)=S. The maximum Gasteiger partial charge on any atom is 0.136 e. The number of thiocarbonyl (C=S) groups is 1. The van der Waals surface area contributed by atoms with Gasteiger partial charge in [0.05, 0.1) is 5.56 Å². The van der Waals surface area contributed by atoms with Gasteiger partial charge in [-0.25, -0.2) is 4.98 Å². The smallest absolute Gasteiger partial charge is 0.136 e. The molecule has 2 rings (SSSR count). The van der Waals surface area contributed by atoms with E-state index in [1.807, 2.05) is 19.9 Å². The lowest BCUT2D eigenvalue weighted by Gasteiger charge is -2.24. The van der Waals surface area contributed by atoms with Crippen LogP contribution in [0.2, 0.25) is 0 Å². The zero-order valence-corrected chi connectivity index (χ0v) is 13.4. The predicted octanol–water partition coefficient (Wildman–Crippen LogP) is 2.23. The maximum absolute atomic E-state index is 5.84. The normalized spacial score (nSPS) is 19.2. The molecule has 1 fully saturated rings. The first-order valence-electron chi connectivity index (χ1n) is 7.29. The molecule has 2 heterocycles.